The average Bonchev–Trinajstić information content (AvgIpc) is 2.50. The molecule has 3 rings (SSSR count). The van der Waals surface area contributed by atoms with Gasteiger partial charge in [0, 0.05) is 43.4 Å². The van der Waals surface area contributed by atoms with E-state index in [1.165, 1.54) is 0 Å². The van der Waals surface area contributed by atoms with Crippen LogP contribution in [0.5, 0.6) is 0 Å². The standard InChI is InChI=1S/C15H18N4O/c1-11-3-2-6-16-14(11)12-9-17-15(18-10-12)19-13-4-7-20-8-5-13/h2-3,6,9-10,13H,4-5,7-8H2,1H3,(H,17,18,19). The molecule has 2 aromatic rings. The van der Waals surface area contributed by atoms with Crippen LogP contribution in [0, 0.1) is 6.92 Å². The van der Waals surface area contributed by atoms with Gasteiger partial charge < -0.3 is 10.1 Å². The monoisotopic (exact) mass is 270 g/mol. The zero-order chi connectivity index (χ0) is 13.8. The molecule has 20 heavy (non-hydrogen) atoms. The van der Waals surface area contributed by atoms with Gasteiger partial charge in [-0.2, -0.15) is 0 Å². The van der Waals surface area contributed by atoms with Crippen LogP contribution in [0.4, 0.5) is 5.95 Å². The highest BCUT2D eigenvalue weighted by Crippen LogP contribution is 2.19. The maximum Gasteiger partial charge on any atom is 0.222 e. The second kappa shape index (κ2) is 5.96. The van der Waals surface area contributed by atoms with Crippen molar-refractivity contribution in [2.45, 2.75) is 25.8 Å². The molecule has 0 amide bonds. The van der Waals surface area contributed by atoms with E-state index in [-0.39, 0.29) is 0 Å². The minimum absolute atomic E-state index is 0.409. The number of aromatic nitrogens is 3. The molecule has 0 bridgehead atoms. The van der Waals surface area contributed by atoms with Crippen molar-refractivity contribution in [1.29, 1.82) is 0 Å². The Bertz CT molecular complexity index is 564. The first kappa shape index (κ1) is 13.0. The molecular weight excluding hydrogens is 252 g/mol. The van der Waals surface area contributed by atoms with E-state index in [1.54, 1.807) is 6.20 Å². The third kappa shape index (κ3) is 2.93. The summed E-state index contributed by atoms with van der Waals surface area (Å²) < 4.78 is 5.34. The Morgan fingerprint density at radius 2 is 1.90 bits per heavy atom. The summed E-state index contributed by atoms with van der Waals surface area (Å²) in [5.41, 5.74) is 3.01. The number of nitrogens with one attached hydrogen (secondary N) is 1. The molecule has 0 atom stereocenters. The van der Waals surface area contributed by atoms with E-state index in [4.69, 9.17) is 4.74 Å². The lowest BCUT2D eigenvalue weighted by Crippen LogP contribution is -2.28. The van der Waals surface area contributed by atoms with Gasteiger partial charge in [-0.3, -0.25) is 4.98 Å². The van der Waals surface area contributed by atoms with Gasteiger partial charge in [-0.15, -0.1) is 0 Å². The fraction of sp³-hybridized carbons (Fsp3) is 0.400. The summed E-state index contributed by atoms with van der Waals surface area (Å²) in [7, 11) is 0. The summed E-state index contributed by atoms with van der Waals surface area (Å²) in [4.78, 5) is 13.2. The van der Waals surface area contributed by atoms with E-state index >= 15 is 0 Å². The molecule has 1 aliphatic rings. The molecular formula is C15H18N4O. The number of hydrogen-bond donors (Lipinski definition) is 1. The Morgan fingerprint density at radius 3 is 2.60 bits per heavy atom. The van der Waals surface area contributed by atoms with Crippen LogP contribution < -0.4 is 5.32 Å². The van der Waals surface area contributed by atoms with Crippen molar-refractivity contribution in [3.63, 3.8) is 0 Å². The first-order valence-corrected chi connectivity index (χ1v) is 6.91. The summed E-state index contributed by atoms with van der Waals surface area (Å²) in [6.07, 6.45) is 7.44. The van der Waals surface area contributed by atoms with Gasteiger partial charge in [-0.1, -0.05) is 6.07 Å². The third-order valence-electron chi connectivity index (χ3n) is 3.49. The normalized spacial score (nSPS) is 16.1. The summed E-state index contributed by atoms with van der Waals surface area (Å²) in [5.74, 6) is 0.675. The molecule has 1 aliphatic heterocycles. The Kier molecular flexibility index (Phi) is 3.87. The van der Waals surface area contributed by atoms with Gasteiger partial charge in [0.15, 0.2) is 0 Å². The summed E-state index contributed by atoms with van der Waals surface area (Å²) in [6.45, 7) is 3.66. The highest BCUT2D eigenvalue weighted by Gasteiger charge is 2.14. The average molecular weight is 270 g/mol. The zero-order valence-electron chi connectivity index (χ0n) is 11.5. The molecule has 2 aromatic heterocycles. The minimum Gasteiger partial charge on any atom is -0.381 e. The zero-order valence-corrected chi connectivity index (χ0v) is 11.5. The molecule has 0 saturated carbocycles. The molecule has 1 saturated heterocycles. The molecule has 0 aromatic carbocycles. The first-order valence-electron chi connectivity index (χ1n) is 6.91. The molecule has 0 radical (unpaired) electrons. The summed E-state index contributed by atoms with van der Waals surface area (Å²) in [6, 6.07) is 4.38. The molecule has 3 heterocycles. The second-order valence-corrected chi connectivity index (χ2v) is 5.00. The number of aryl methyl sites for hydroxylation is 1. The predicted octanol–water partition coefficient (Wildman–Crippen LogP) is 2.44. The number of pyridine rings is 1. The maximum atomic E-state index is 5.34. The fourth-order valence-electron chi connectivity index (χ4n) is 2.34. The Hall–Kier alpha value is -2.01. The van der Waals surface area contributed by atoms with Crippen LogP contribution in [-0.4, -0.2) is 34.2 Å². The molecule has 5 heteroatoms. The second-order valence-electron chi connectivity index (χ2n) is 5.00. The fourth-order valence-corrected chi connectivity index (χ4v) is 2.34. The van der Waals surface area contributed by atoms with Crippen molar-refractivity contribution in [3.05, 3.63) is 36.3 Å². The van der Waals surface area contributed by atoms with E-state index in [2.05, 4.69) is 20.3 Å². The van der Waals surface area contributed by atoms with Crippen LogP contribution in [0.15, 0.2) is 30.7 Å². The van der Waals surface area contributed by atoms with E-state index in [1.807, 2.05) is 31.5 Å². The number of rotatable bonds is 3. The molecule has 1 fully saturated rings. The van der Waals surface area contributed by atoms with Crippen molar-refractivity contribution < 1.29 is 4.74 Å². The van der Waals surface area contributed by atoms with E-state index in [0.29, 0.717) is 12.0 Å². The Balaban J connectivity index is 1.73. The van der Waals surface area contributed by atoms with Crippen molar-refractivity contribution in [1.82, 2.24) is 15.0 Å². The number of ether oxygens (including phenoxy) is 1. The number of anilines is 1. The SMILES string of the molecule is Cc1cccnc1-c1cnc(NC2CCOCC2)nc1. The van der Waals surface area contributed by atoms with Gasteiger partial charge in [0.1, 0.15) is 0 Å². The lowest BCUT2D eigenvalue weighted by Gasteiger charge is -2.22. The lowest BCUT2D eigenvalue weighted by atomic mass is 10.1. The minimum atomic E-state index is 0.409. The van der Waals surface area contributed by atoms with Crippen molar-refractivity contribution in [2.24, 2.45) is 0 Å². The molecule has 0 aliphatic carbocycles. The largest absolute Gasteiger partial charge is 0.381 e. The van der Waals surface area contributed by atoms with E-state index in [9.17, 15) is 0 Å². The highest BCUT2D eigenvalue weighted by molar-refractivity contribution is 5.61. The molecule has 0 unspecified atom stereocenters. The molecule has 5 nitrogen and oxygen atoms in total. The van der Waals surface area contributed by atoms with Crippen molar-refractivity contribution in [3.8, 4) is 11.3 Å². The van der Waals surface area contributed by atoms with Crippen LogP contribution in [0.25, 0.3) is 11.3 Å². The quantitative estimate of drug-likeness (QED) is 0.928. The molecule has 104 valence electrons. The van der Waals surface area contributed by atoms with Gasteiger partial charge in [0.2, 0.25) is 5.95 Å². The van der Waals surface area contributed by atoms with Gasteiger partial charge in [0.25, 0.3) is 0 Å². The topological polar surface area (TPSA) is 59.9 Å². The van der Waals surface area contributed by atoms with Crippen LogP contribution in [-0.2, 0) is 4.74 Å². The van der Waals surface area contributed by atoms with Gasteiger partial charge in [-0.05, 0) is 31.4 Å². The van der Waals surface area contributed by atoms with Gasteiger partial charge in [0.05, 0.1) is 5.69 Å². The Morgan fingerprint density at radius 1 is 1.15 bits per heavy atom. The van der Waals surface area contributed by atoms with E-state index < -0.39 is 0 Å². The van der Waals surface area contributed by atoms with E-state index in [0.717, 1.165) is 42.9 Å². The maximum absolute atomic E-state index is 5.34. The number of hydrogen-bond acceptors (Lipinski definition) is 5. The molecule has 1 N–H and O–H groups in total. The van der Waals surface area contributed by atoms with Crippen molar-refractivity contribution in [2.75, 3.05) is 18.5 Å². The summed E-state index contributed by atoms with van der Waals surface area (Å²) in [5, 5.41) is 3.35. The van der Waals surface area contributed by atoms with Crippen LogP contribution in [0.3, 0.4) is 0 Å². The predicted molar refractivity (Wildman–Crippen MR) is 77.5 cm³/mol. The highest BCUT2D eigenvalue weighted by atomic mass is 16.5. The third-order valence-corrected chi connectivity index (χ3v) is 3.49. The van der Waals surface area contributed by atoms with Crippen molar-refractivity contribution >= 4 is 5.95 Å². The summed E-state index contributed by atoms with van der Waals surface area (Å²) >= 11 is 0. The van der Waals surface area contributed by atoms with Gasteiger partial charge >= 0.3 is 0 Å². The Labute approximate surface area is 118 Å². The van der Waals surface area contributed by atoms with Crippen LogP contribution in [0.2, 0.25) is 0 Å². The van der Waals surface area contributed by atoms with Gasteiger partial charge in [-0.25, -0.2) is 9.97 Å². The molecule has 0 spiro atoms. The van der Waals surface area contributed by atoms with Crippen LogP contribution in [0.1, 0.15) is 18.4 Å². The lowest BCUT2D eigenvalue weighted by molar-refractivity contribution is 0.0903. The first-order chi connectivity index (χ1) is 9.83. The van der Waals surface area contributed by atoms with Crippen LogP contribution >= 0.6 is 0 Å². The smallest absolute Gasteiger partial charge is 0.222 e. The number of nitrogens with zero attached hydrogens (tertiary/aromatic N) is 3.